The van der Waals surface area contributed by atoms with E-state index >= 15 is 0 Å². The topological polar surface area (TPSA) is 46.5 Å². The Kier molecular flexibility index (Phi) is 3.70. The number of hydrogen-bond donors (Lipinski definition) is 1. The van der Waals surface area contributed by atoms with E-state index in [1.165, 1.54) is 16.3 Å². The van der Waals surface area contributed by atoms with Gasteiger partial charge in [-0.3, -0.25) is 4.79 Å². The van der Waals surface area contributed by atoms with E-state index in [2.05, 4.69) is 30.3 Å². The van der Waals surface area contributed by atoms with E-state index in [-0.39, 0.29) is 29.8 Å². The van der Waals surface area contributed by atoms with Gasteiger partial charge in [-0.15, -0.1) is 0 Å². The summed E-state index contributed by atoms with van der Waals surface area (Å²) in [5.41, 5.74) is 1.20. The second-order valence-corrected chi connectivity index (χ2v) is 6.82. The van der Waals surface area contributed by atoms with Crippen LogP contribution < -0.4 is 0 Å². The minimum Gasteiger partial charge on any atom is -0.390 e. The van der Waals surface area contributed by atoms with Crippen molar-refractivity contribution in [3.8, 4) is 0 Å². The fourth-order valence-corrected chi connectivity index (χ4v) is 4.33. The highest BCUT2D eigenvalue weighted by atomic mass is 16.5. The van der Waals surface area contributed by atoms with Crippen LogP contribution in [0.1, 0.15) is 37.7 Å². The standard InChI is InChI=1S/C20H22O3/c1-2-17(21)19-16(10-15-11-18(22)20(19)23-15)14-8-7-12-5-3-4-6-13(12)9-14/h3-9,15-16,18-20,22H,2,10-11H2,1H3/t15?,16-,18?,19-,20+/m1/s1. The van der Waals surface area contributed by atoms with E-state index in [9.17, 15) is 9.90 Å². The lowest BCUT2D eigenvalue weighted by atomic mass is 9.75. The molecule has 2 bridgehead atoms. The molecule has 1 N–H and O–H groups in total. The summed E-state index contributed by atoms with van der Waals surface area (Å²) in [6, 6.07) is 14.8. The van der Waals surface area contributed by atoms with E-state index in [0.29, 0.717) is 12.8 Å². The molecule has 0 amide bonds. The van der Waals surface area contributed by atoms with Crippen LogP contribution >= 0.6 is 0 Å². The number of ether oxygens (including phenoxy) is 1. The van der Waals surface area contributed by atoms with Crippen LogP contribution in [0, 0.1) is 5.92 Å². The summed E-state index contributed by atoms with van der Waals surface area (Å²) < 4.78 is 5.91. The number of Topliss-reactive ketones (excluding diaryl/α,β-unsaturated/α-hetero) is 1. The zero-order chi connectivity index (χ0) is 16.0. The molecular weight excluding hydrogens is 288 g/mol. The van der Waals surface area contributed by atoms with E-state index in [1.807, 2.05) is 19.1 Å². The molecule has 23 heavy (non-hydrogen) atoms. The van der Waals surface area contributed by atoms with E-state index < -0.39 is 6.10 Å². The van der Waals surface area contributed by atoms with Crippen molar-refractivity contribution in [1.29, 1.82) is 0 Å². The summed E-state index contributed by atoms with van der Waals surface area (Å²) in [6.45, 7) is 1.90. The lowest BCUT2D eigenvalue weighted by molar-refractivity contribution is -0.137. The summed E-state index contributed by atoms with van der Waals surface area (Å²) in [7, 11) is 0. The van der Waals surface area contributed by atoms with Gasteiger partial charge in [0.15, 0.2) is 0 Å². The highest BCUT2D eigenvalue weighted by molar-refractivity contribution is 5.85. The highest BCUT2D eigenvalue weighted by Crippen LogP contribution is 2.46. The van der Waals surface area contributed by atoms with Gasteiger partial charge >= 0.3 is 0 Å². The maximum atomic E-state index is 12.6. The number of ketones is 1. The smallest absolute Gasteiger partial charge is 0.139 e. The molecule has 2 fully saturated rings. The Labute approximate surface area is 136 Å². The van der Waals surface area contributed by atoms with Crippen LogP contribution in [0.4, 0.5) is 0 Å². The third kappa shape index (κ3) is 2.48. The van der Waals surface area contributed by atoms with Crippen molar-refractivity contribution < 1.29 is 14.6 Å². The molecule has 120 valence electrons. The number of carbonyl (C=O) groups is 1. The van der Waals surface area contributed by atoms with Gasteiger partial charge in [-0.25, -0.2) is 0 Å². The number of aliphatic hydroxyl groups excluding tert-OH is 1. The van der Waals surface area contributed by atoms with Gasteiger partial charge < -0.3 is 9.84 Å². The minimum atomic E-state index is -0.508. The fraction of sp³-hybridized carbons (Fsp3) is 0.450. The molecule has 0 spiro atoms. The molecule has 2 saturated heterocycles. The average molecular weight is 310 g/mol. The molecule has 5 atom stereocenters. The highest BCUT2D eigenvalue weighted by Gasteiger charge is 2.50. The summed E-state index contributed by atoms with van der Waals surface area (Å²) in [5, 5.41) is 12.7. The summed E-state index contributed by atoms with van der Waals surface area (Å²) >= 11 is 0. The molecule has 0 aromatic heterocycles. The molecule has 0 aliphatic carbocycles. The Bertz CT molecular complexity index is 738. The van der Waals surface area contributed by atoms with Crippen molar-refractivity contribution in [3.05, 3.63) is 48.0 Å². The first-order valence-corrected chi connectivity index (χ1v) is 8.52. The Morgan fingerprint density at radius 2 is 1.96 bits per heavy atom. The van der Waals surface area contributed by atoms with Crippen LogP contribution in [0.15, 0.2) is 42.5 Å². The van der Waals surface area contributed by atoms with Gasteiger partial charge in [0.1, 0.15) is 5.78 Å². The van der Waals surface area contributed by atoms with Crippen molar-refractivity contribution in [2.24, 2.45) is 5.92 Å². The zero-order valence-electron chi connectivity index (χ0n) is 13.3. The third-order valence-corrected chi connectivity index (χ3v) is 5.46. The van der Waals surface area contributed by atoms with Gasteiger partial charge in [-0.2, -0.15) is 0 Å². The van der Waals surface area contributed by atoms with Crippen LogP contribution in [0.3, 0.4) is 0 Å². The molecule has 2 unspecified atom stereocenters. The maximum Gasteiger partial charge on any atom is 0.139 e. The van der Waals surface area contributed by atoms with Crippen LogP contribution in [-0.4, -0.2) is 29.2 Å². The summed E-state index contributed by atoms with van der Waals surface area (Å²) in [5.74, 6) is 0.121. The Balaban J connectivity index is 1.76. The first-order chi connectivity index (χ1) is 11.2. The second kappa shape index (κ2) is 5.73. The van der Waals surface area contributed by atoms with Crippen molar-refractivity contribution >= 4 is 16.6 Å². The van der Waals surface area contributed by atoms with E-state index in [4.69, 9.17) is 4.74 Å². The lowest BCUT2D eigenvalue weighted by Gasteiger charge is -2.36. The van der Waals surface area contributed by atoms with Crippen LogP contribution in [0.2, 0.25) is 0 Å². The molecule has 0 radical (unpaired) electrons. The van der Waals surface area contributed by atoms with Crippen molar-refractivity contribution in [3.63, 3.8) is 0 Å². The van der Waals surface area contributed by atoms with E-state index in [0.717, 1.165) is 6.42 Å². The quantitative estimate of drug-likeness (QED) is 0.944. The van der Waals surface area contributed by atoms with Gasteiger partial charge in [0, 0.05) is 12.8 Å². The van der Waals surface area contributed by atoms with Crippen molar-refractivity contribution in [2.75, 3.05) is 0 Å². The first-order valence-electron chi connectivity index (χ1n) is 8.52. The molecule has 3 nitrogen and oxygen atoms in total. The molecule has 2 aromatic rings. The molecule has 2 heterocycles. The monoisotopic (exact) mass is 310 g/mol. The third-order valence-electron chi connectivity index (χ3n) is 5.46. The molecule has 3 heteroatoms. The van der Waals surface area contributed by atoms with Crippen LogP contribution in [0.5, 0.6) is 0 Å². The lowest BCUT2D eigenvalue weighted by Crippen LogP contribution is -2.42. The van der Waals surface area contributed by atoms with Gasteiger partial charge in [-0.05, 0) is 28.7 Å². The molecule has 2 aliphatic rings. The average Bonchev–Trinajstić information content (AvgIpc) is 2.88. The van der Waals surface area contributed by atoms with Crippen LogP contribution in [0.25, 0.3) is 10.8 Å². The van der Waals surface area contributed by atoms with Gasteiger partial charge in [0.25, 0.3) is 0 Å². The van der Waals surface area contributed by atoms with E-state index in [1.54, 1.807) is 0 Å². The second-order valence-electron chi connectivity index (χ2n) is 6.82. The SMILES string of the molecule is CCC(=O)[C@H]1[C@@H](c2ccc3ccccc3c2)CC2CC(O)[C@@H]1O2. The Morgan fingerprint density at radius 1 is 1.17 bits per heavy atom. The molecule has 4 rings (SSSR count). The van der Waals surface area contributed by atoms with Gasteiger partial charge in [0.2, 0.25) is 0 Å². The number of rotatable bonds is 3. The first kappa shape index (κ1) is 14.9. The maximum absolute atomic E-state index is 12.6. The normalized spacial score (nSPS) is 33.0. The number of carbonyl (C=O) groups excluding carboxylic acids is 1. The number of benzene rings is 2. The predicted octanol–water partition coefficient (Wildman–Crippen LogP) is 3.44. The van der Waals surface area contributed by atoms with Crippen molar-refractivity contribution in [2.45, 2.75) is 50.4 Å². The van der Waals surface area contributed by atoms with Gasteiger partial charge in [-0.1, -0.05) is 49.4 Å². The molecule has 2 aromatic carbocycles. The fourth-order valence-electron chi connectivity index (χ4n) is 4.33. The van der Waals surface area contributed by atoms with Crippen molar-refractivity contribution in [1.82, 2.24) is 0 Å². The molecular formula is C20H22O3. The number of fused-ring (bicyclic) bond motifs is 3. The predicted molar refractivity (Wildman–Crippen MR) is 89.4 cm³/mol. The number of aliphatic hydroxyl groups is 1. The largest absolute Gasteiger partial charge is 0.390 e. The Morgan fingerprint density at radius 3 is 2.74 bits per heavy atom. The molecule has 2 aliphatic heterocycles. The number of hydrogen-bond acceptors (Lipinski definition) is 3. The minimum absolute atomic E-state index is 0.0763. The van der Waals surface area contributed by atoms with Gasteiger partial charge in [0.05, 0.1) is 24.2 Å². The zero-order valence-corrected chi connectivity index (χ0v) is 13.3. The Hall–Kier alpha value is -1.71. The summed E-state index contributed by atoms with van der Waals surface area (Å²) in [6.07, 6.45) is 1.20. The molecule has 0 saturated carbocycles. The van der Waals surface area contributed by atoms with Crippen LogP contribution in [-0.2, 0) is 9.53 Å². The summed E-state index contributed by atoms with van der Waals surface area (Å²) in [4.78, 5) is 12.6.